The average Bonchev–Trinajstić information content (AvgIpc) is 3.36. The van der Waals surface area contributed by atoms with E-state index < -0.39 is 0 Å². The zero-order valence-corrected chi connectivity index (χ0v) is 27.2. The molecule has 0 amide bonds. The summed E-state index contributed by atoms with van der Waals surface area (Å²) in [5.41, 5.74) is 8.35. The molecule has 0 aliphatic carbocycles. The van der Waals surface area contributed by atoms with E-state index >= 15 is 0 Å². The first-order chi connectivity index (χ1) is 20.8. The predicted octanol–water partition coefficient (Wildman–Crippen LogP) is 11.0. The number of allylic oxidation sites excluding steroid dienone is 4. The van der Waals surface area contributed by atoms with E-state index in [-0.39, 0.29) is 10.8 Å². The topological polar surface area (TPSA) is 6.25 Å². The standard InChI is InChI=1S/C41H49N2/c1-7-9-15-28-42-34-26-24-30-18-11-13-20-32(30)38(34)40(3,4)36(42)22-17-23-37-41(5,6)39-33-21-14-12-19-31(33)25-27-35(39)43(37)29-16-10-8-2/h11-14,17-27H,7-10,15-16,28-29H2,1-6H3/q+1. The molecule has 2 heterocycles. The summed E-state index contributed by atoms with van der Waals surface area (Å²) in [6.45, 7) is 16.4. The van der Waals surface area contributed by atoms with Gasteiger partial charge in [-0.15, -0.1) is 0 Å². The maximum Gasteiger partial charge on any atom is 0.210 e. The van der Waals surface area contributed by atoms with E-state index in [4.69, 9.17) is 0 Å². The van der Waals surface area contributed by atoms with Gasteiger partial charge in [-0.2, -0.15) is 4.58 Å². The van der Waals surface area contributed by atoms with Crippen LogP contribution in [0, 0.1) is 0 Å². The molecule has 0 saturated heterocycles. The minimum Gasteiger partial charge on any atom is -0.344 e. The summed E-state index contributed by atoms with van der Waals surface area (Å²) < 4.78 is 2.62. The SMILES string of the molecule is CCCCCN1/C(=C/C=C/C2=[N+](CCCCC)c3ccc4ccccc4c3C2(C)C)C(C)(C)c2c1ccc1ccccc21. The molecule has 0 aromatic heterocycles. The van der Waals surface area contributed by atoms with Gasteiger partial charge in [-0.25, -0.2) is 0 Å². The molecule has 4 aromatic carbocycles. The van der Waals surface area contributed by atoms with Crippen LogP contribution in [0.1, 0.15) is 91.2 Å². The van der Waals surface area contributed by atoms with Crippen LogP contribution in [-0.2, 0) is 10.8 Å². The smallest absolute Gasteiger partial charge is 0.210 e. The van der Waals surface area contributed by atoms with E-state index in [1.165, 1.54) is 94.0 Å². The molecular formula is C41H49N2+. The normalized spacial score (nSPS) is 18.0. The number of rotatable bonds is 10. The molecule has 0 fully saturated rings. The average molecular weight is 570 g/mol. The quantitative estimate of drug-likeness (QED) is 0.136. The fraction of sp³-hybridized carbons (Fsp3) is 0.390. The number of hydrogen-bond acceptors (Lipinski definition) is 1. The van der Waals surface area contributed by atoms with Crippen LogP contribution in [0.15, 0.2) is 96.7 Å². The lowest BCUT2D eigenvalue weighted by Gasteiger charge is -2.27. The highest BCUT2D eigenvalue weighted by atomic mass is 15.2. The summed E-state index contributed by atoms with van der Waals surface area (Å²) in [6, 6.07) is 27.2. The second-order valence-corrected chi connectivity index (χ2v) is 13.6. The Morgan fingerprint density at radius 2 is 1.30 bits per heavy atom. The molecule has 0 bridgehead atoms. The second kappa shape index (κ2) is 11.8. The summed E-state index contributed by atoms with van der Waals surface area (Å²) >= 11 is 0. The van der Waals surface area contributed by atoms with Crippen LogP contribution < -0.4 is 4.90 Å². The highest BCUT2D eigenvalue weighted by Crippen LogP contribution is 2.51. The summed E-state index contributed by atoms with van der Waals surface area (Å²) in [4.78, 5) is 2.62. The van der Waals surface area contributed by atoms with Gasteiger partial charge in [-0.1, -0.05) is 108 Å². The van der Waals surface area contributed by atoms with Crippen molar-refractivity contribution in [2.45, 2.75) is 90.9 Å². The molecule has 2 aliphatic rings. The molecule has 0 N–H and O–H groups in total. The minimum absolute atomic E-state index is 0.0808. The molecular weight excluding hydrogens is 520 g/mol. The number of anilines is 1. The van der Waals surface area contributed by atoms with Gasteiger partial charge in [0.05, 0.1) is 5.41 Å². The van der Waals surface area contributed by atoms with Crippen molar-refractivity contribution in [3.05, 3.63) is 108 Å². The number of hydrogen-bond donors (Lipinski definition) is 0. The maximum atomic E-state index is 2.62. The maximum absolute atomic E-state index is 2.62. The van der Waals surface area contributed by atoms with Crippen LogP contribution in [0.4, 0.5) is 11.4 Å². The molecule has 43 heavy (non-hydrogen) atoms. The predicted molar refractivity (Wildman–Crippen MR) is 187 cm³/mol. The largest absolute Gasteiger partial charge is 0.344 e. The number of unbranched alkanes of at least 4 members (excludes halogenated alkanes) is 4. The lowest BCUT2D eigenvalue weighted by atomic mass is 9.79. The van der Waals surface area contributed by atoms with Gasteiger partial charge in [-0.05, 0) is 72.0 Å². The van der Waals surface area contributed by atoms with Crippen LogP contribution >= 0.6 is 0 Å². The van der Waals surface area contributed by atoms with E-state index in [9.17, 15) is 0 Å². The Hall–Kier alpha value is -3.65. The van der Waals surface area contributed by atoms with Crippen molar-refractivity contribution in [3.8, 4) is 0 Å². The van der Waals surface area contributed by atoms with Crippen molar-refractivity contribution >= 4 is 38.6 Å². The molecule has 4 aromatic rings. The Kier molecular flexibility index (Phi) is 8.07. The lowest BCUT2D eigenvalue weighted by molar-refractivity contribution is -0.438. The van der Waals surface area contributed by atoms with Gasteiger partial charge < -0.3 is 4.90 Å². The summed E-state index contributed by atoms with van der Waals surface area (Å²) in [7, 11) is 0. The van der Waals surface area contributed by atoms with E-state index in [2.05, 4.69) is 142 Å². The molecule has 2 aliphatic heterocycles. The van der Waals surface area contributed by atoms with Crippen molar-refractivity contribution in [2.24, 2.45) is 0 Å². The summed E-state index contributed by atoms with van der Waals surface area (Å²) in [5.74, 6) is 0. The first kappa shape index (κ1) is 29.4. The first-order valence-electron chi connectivity index (χ1n) is 16.7. The molecule has 6 rings (SSSR count). The van der Waals surface area contributed by atoms with Gasteiger partial charge in [0.1, 0.15) is 6.54 Å². The third-order valence-electron chi connectivity index (χ3n) is 9.99. The van der Waals surface area contributed by atoms with Crippen LogP contribution in [0.25, 0.3) is 21.5 Å². The van der Waals surface area contributed by atoms with Crippen LogP contribution in [0.5, 0.6) is 0 Å². The van der Waals surface area contributed by atoms with Crippen molar-refractivity contribution in [2.75, 3.05) is 18.0 Å². The second-order valence-electron chi connectivity index (χ2n) is 13.6. The molecule has 2 heteroatoms. The van der Waals surface area contributed by atoms with E-state index in [1.807, 2.05) is 0 Å². The Balaban J connectivity index is 1.44. The van der Waals surface area contributed by atoms with Gasteiger partial charge in [0.15, 0.2) is 5.71 Å². The van der Waals surface area contributed by atoms with Gasteiger partial charge in [0.2, 0.25) is 5.69 Å². The lowest BCUT2D eigenvalue weighted by Crippen LogP contribution is -2.28. The van der Waals surface area contributed by atoms with E-state index in [0.717, 1.165) is 13.1 Å². The van der Waals surface area contributed by atoms with Crippen LogP contribution in [-0.4, -0.2) is 23.4 Å². The fourth-order valence-corrected chi connectivity index (χ4v) is 7.82. The zero-order valence-electron chi connectivity index (χ0n) is 27.2. The first-order valence-corrected chi connectivity index (χ1v) is 16.7. The van der Waals surface area contributed by atoms with Gasteiger partial charge >= 0.3 is 0 Å². The third-order valence-corrected chi connectivity index (χ3v) is 9.99. The van der Waals surface area contributed by atoms with Crippen molar-refractivity contribution < 1.29 is 4.58 Å². The summed E-state index contributed by atoms with van der Waals surface area (Å²) in [6.07, 6.45) is 14.6. The van der Waals surface area contributed by atoms with Crippen LogP contribution in [0.3, 0.4) is 0 Å². The van der Waals surface area contributed by atoms with Crippen molar-refractivity contribution in [1.29, 1.82) is 0 Å². The monoisotopic (exact) mass is 569 g/mol. The van der Waals surface area contributed by atoms with Crippen LogP contribution in [0.2, 0.25) is 0 Å². The van der Waals surface area contributed by atoms with Gasteiger partial charge in [-0.3, -0.25) is 0 Å². The number of benzene rings is 4. The molecule has 2 nitrogen and oxygen atoms in total. The van der Waals surface area contributed by atoms with E-state index in [0.29, 0.717) is 0 Å². The Bertz CT molecular complexity index is 1750. The number of fused-ring (bicyclic) bond motifs is 6. The van der Waals surface area contributed by atoms with Gasteiger partial charge in [0, 0.05) is 47.5 Å². The van der Waals surface area contributed by atoms with Crippen molar-refractivity contribution in [3.63, 3.8) is 0 Å². The zero-order chi connectivity index (χ0) is 30.2. The molecule has 0 saturated carbocycles. The molecule has 0 unspecified atom stereocenters. The minimum atomic E-state index is -0.0808. The van der Waals surface area contributed by atoms with E-state index in [1.54, 1.807) is 0 Å². The molecule has 0 radical (unpaired) electrons. The molecule has 222 valence electrons. The summed E-state index contributed by atoms with van der Waals surface area (Å²) in [5, 5.41) is 5.42. The fourth-order valence-electron chi connectivity index (χ4n) is 7.82. The highest BCUT2D eigenvalue weighted by Gasteiger charge is 2.45. The molecule has 0 spiro atoms. The third kappa shape index (κ3) is 5.03. The molecule has 0 atom stereocenters. The van der Waals surface area contributed by atoms with Crippen molar-refractivity contribution in [1.82, 2.24) is 0 Å². The Labute approximate surface area is 259 Å². The Morgan fingerprint density at radius 1 is 0.674 bits per heavy atom. The van der Waals surface area contributed by atoms with Gasteiger partial charge in [0.25, 0.3) is 0 Å². The Morgan fingerprint density at radius 3 is 2.00 bits per heavy atom. The number of nitrogens with zero attached hydrogens (tertiary/aromatic N) is 2. The highest BCUT2D eigenvalue weighted by molar-refractivity contribution is 6.07.